The first-order valence-corrected chi connectivity index (χ1v) is 7.19. The smallest absolute Gasteiger partial charge is 0.169 e. The number of thioether (sulfide) groups is 1. The molecule has 17 heavy (non-hydrogen) atoms. The van der Waals surface area contributed by atoms with E-state index in [0.717, 1.165) is 23.8 Å². The van der Waals surface area contributed by atoms with Gasteiger partial charge in [0.25, 0.3) is 0 Å². The Bertz CT molecular complexity index is 394. The third-order valence-electron chi connectivity index (χ3n) is 2.84. The number of hydrogen-bond donors (Lipinski definition) is 2. The molecule has 1 saturated heterocycles. The Morgan fingerprint density at radius 3 is 2.71 bits per heavy atom. The van der Waals surface area contributed by atoms with Crippen LogP contribution in [0.1, 0.15) is 11.7 Å². The van der Waals surface area contributed by atoms with E-state index < -0.39 is 6.10 Å². The standard InChI is InChI=1S/C12H16N2OS2/c1-17-10-4-2-9(3-5-10)11(15)8-14-7-6-13-12(14)16/h2-5,11,15H,6-8H2,1H3,(H,13,16). The Morgan fingerprint density at radius 1 is 1.47 bits per heavy atom. The average Bonchev–Trinajstić information content (AvgIpc) is 2.75. The molecule has 5 heteroatoms. The van der Waals surface area contributed by atoms with E-state index in [-0.39, 0.29) is 0 Å². The predicted octanol–water partition coefficient (Wildman–Crippen LogP) is 1.63. The van der Waals surface area contributed by atoms with E-state index in [1.807, 2.05) is 35.4 Å². The van der Waals surface area contributed by atoms with Gasteiger partial charge >= 0.3 is 0 Å². The number of β-amino-alcohol motifs (C(OH)–C–C–N with tert-alkyl or cyclic N) is 1. The average molecular weight is 268 g/mol. The van der Waals surface area contributed by atoms with Crippen LogP contribution >= 0.6 is 24.0 Å². The van der Waals surface area contributed by atoms with Crippen LogP contribution in [0.5, 0.6) is 0 Å². The minimum Gasteiger partial charge on any atom is -0.387 e. The first kappa shape index (κ1) is 12.7. The molecular weight excluding hydrogens is 252 g/mol. The second kappa shape index (κ2) is 5.71. The summed E-state index contributed by atoms with van der Waals surface area (Å²) in [6, 6.07) is 8.01. The van der Waals surface area contributed by atoms with Crippen LogP contribution in [0.15, 0.2) is 29.2 Å². The normalized spacial score (nSPS) is 17.1. The predicted molar refractivity (Wildman–Crippen MR) is 75.4 cm³/mol. The Hall–Kier alpha value is -0.780. The zero-order valence-electron chi connectivity index (χ0n) is 9.72. The first-order valence-electron chi connectivity index (χ1n) is 5.55. The fourth-order valence-corrected chi connectivity index (χ4v) is 2.50. The highest BCUT2D eigenvalue weighted by Crippen LogP contribution is 2.20. The van der Waals surface area contributed by atoms with Crippen molar-refractivity contribution in [1.29, 1.82) is 0 Å². The van der Waals surface area contributed by atoms with Gasteiger partial charge in [0.1, 0.15) is 0 Å². The Morgan fingerprint density at radius 2 is 2.18 bits per heavy atom. The molecule has 92 valence electrons. The van der Waals surface area contributed by atoms with Crippen LogP contribution < -0.4 is 5.32 Å². The maximum Gasteiger partial charge on any atom is 0.169 e. The van der Waals surface area contributed by atoms with Crippen molar-refractivity contribution >= 4 is 29.1 Å². The van der Waals surface area contributed by atoms with Gasteiger partial charge in [-0.1, -0.05) is 12.1 Å². The summed E-state index contributed by atoms with van der Waals surface area (Å²) in [6.45, 7) is 2.31. The van der Waals surface area contributed by atoms with Crippen LogP contribution in [0, 0.1) is 0 Å². The van der Waals surface area contributed by atoms with Gasteiger partial charge in [-0.15, -0.1) is 11.8 Å². The summed E-state index contributed by atoms with van der Waals surface area (Å²) in [6.07, 6.45) is 1.56. The van der Waals surface area contributed by atoms with Gasteiger partial charge in [0.05, 0.1) is 12.6 Å². The van der Waals surface area contributed by atoms with E-state index in [9.17, 15) is 5.11 Å². The molecule has 1 unspecified atom stereocenters. The summed E-state index contributed by atoms with van der Waals surface area (Å²) in [5.74, 6) is 0. The van der Waals surface area contributed by atoms with Crippen molar-refractivity contribution in [1.82, 2.24) is 10.2 Å². The molecule has 1 aromatic carbocycles. The molecule has 2 N–H and O–H groups in total. The lowest BCUT2D eigenvalue weighted by atomic mass is 10.1. The highest BCUT2D eigenvalue weighted by molar-refractivity contribution is 7.98. The number of aliphatic hydroxyl groups is 1. The zero-order valence-corrected chi connectivity index (χ0v) is 11.4. The van der Waals surface area contributed by atoms with E-state index in [1.165, 1.54) is 4.90 Å². The van der Waals surface area contributed by atoms with Crippen LogP contribution in [0.3, 0.4) is 0 Å². The quantitative estimate of drug-likeness (QED) is 0.641. The lowest BCUT2D eigenvalue weighted by Gasteiger charge is -2.20. The van der Waals surface area contributed by atoms with Crippen molar-refractivity contribution in [3.8, 4) is 0 Å². The van der Waals surface area contributed by atoms with Gasteiger partial charge in [-0.05, 0) is 36.2 Å². The summed E-state index contributed by atoms with van der Waals surface area (Å²) in [5, 5.41) is 14.0. The topological polar surface area (TPSA) is 35.5 Å². The highest BCUT2D eigenvalue weighted by atomic mass is 32.2. The minimum absolute atomic E-state index is 0.483. The SMILES string of the molecule is CSc1ccc(C(O)CN2CCNC2=S)cc1. The molecule has 0 saturated carbocycles. The minimum atomic E-state index is -0.483. The van der Waals surface area contributed by atoms with E-state index in [1.54, 1.807) is 11.8 Å². The van der Waals surface area contributed by atoms with Gasteiger partial charge in [-0.25, -0.2) is 0 Å². The third-order valence-corrected chi connectivity index (χ3v) is 3.99. The van der Waals surface area contributed by atoms with Crippen molar-refractivity contribution in [3.63, 3.8) is 0 Å². The molecule has 0 radical (unpaired) electrons. The van der Waals surface area contributed by atoms with Crippen LogP contribution in [-0.2, 0) is 0 Å². The van der Waals surface area contributed by atoms with Crippen molar-refractivity contribution in [2.75, 3.05) is 25.9 Å². The molecule has 1 aliphatic rings. The van der Waals surface area contributed by atoms with Crippen molar-refractivity contribution in [2.45, 2.75) is 11.0 Å². The Labute approximate surface area is 111 Å². The Kier molecular flexibility index (Phi) is 4.25. The van der Waals surface area contributed by atoms with Gasteiger partial charge in [-0.3, -0.25) is 0 Å². The molecular formula is C12H16N2OS2. The third kappa shape index (κ3) is 3.12. The van der Waals surface area contributed by atoms with Crippen LogP contribution in [0.2, 0.25) is 0 Å². The number of thiocarbonyl (C=S) groups is 1. The molecule has 1 aliphatic heterocycles. The summed E-state index contributed by atoms with van der Waals surface area (Å²) in [5.41, 5.74) is 0.942. The van der Waals surface area contributed by atoms with Crippen LogP contribution in [0.25, 0.3) is 0 Å². The lowest BCUT2D eigenvalue weighted by Crippen LogP contribution is -2.31. The molecule has 0 bridgehead atoms. The number of hydrogen-bond acceptors (Lipinski definition) is 3. The summed E-state index contributed by atoms with van der Waals surface area (Å²) < 4.78 is 0. The molecule has 1 heterocycles. The molecule has 1 fully saturated rings. The lowest BCUT2D eigenvalue weighted by molar-refractivity contribution is 0.148. The molecule has 1 aromatic rings. The number of aliphatic hydroxyl groups excluding tert-OH is 1. The molecule has 3 nitrogen and oxygen atoms in total. The molecule has 1 atom stereocenters. The fourth-order valence-electron chi connectivity index (χ4n) is 1.83. The van der Waals surface area contributed by atoms with E-state index >= 15 is 0 Å². The zero-order chi connectivity index (χ0) is 12.3. The van der Waals surface area contributed by atoms with Gasteiger partial charge < -0.3 is 15.3 Å². The number of rotatable bonds is 4. The van der Waals surface area contributed by atoms with Gasteiger partial charge in [0, 0.05) is 18.0 Å². The van der Waals surface area contributed by atoms with E-state index in [4.69, 9.17) is 12.2 Å². The highest BCUT2D eigenvalue weighted by Gasteiger charge is 2.19. The number of nitrogens with one attached hydrogen (secondary N) is 1. The second-order valence-electron chi connectivity index (χ2n) is 3.97. The molecule has 0 aromatic heterocycles. The fraction of sp³-hybridized carbons (Fsp3) is 0.417. The summed E-state index contributed by atoms with van der Waals surface area (Å²) >= 11 is 6.85. The largest absolute Gasteiger partial charge is 0.387 e. The maximum atomic E-state index is 10.1. The van der Waals surface area contributed by atoms with Gasteiger partial charge in [-0.2, -0.15) is 0 Å². The molecule has 2 rings (SSSR count). The monoisotopic (exact) mass is 268 g/mol. The number of nitrogens with zero attached hydrogens (tertiary/aromatic N) is 1. The molecule has 0 spiro atoms. The maximum absolute atomic E-state index is 10.1. The second-order valence-corrected chi connectivity index (χ2v) is 5.23. The Balaban J connectivity index is 1.98. The van der Waals surface area contributed by atoms with Crippen molar-refractivity contribution in [2.24, 2.45) is 0 Å². The summed E-state index contributed by atoms with van der Waals surface area (Å²) in [4.78, 5) is 3.21. The molecule has 0 amide bonds. The van der Waals surface area contributed by atoms with Crippen molar-refractivity contribution < 1.29 is 5.11 Å². The summed E-state index contributed by atoms with van der Waals surface area (Å²) in [7, 11) is 0. The first-order chi connectivity index (χ1) is 8.20. The number of benzene rings is 1. The van der Waals surface area contributed by atoms with E-state index in [2.05, 4.69) is 5.32 Å². The van der Waals surface area contributed by atoms with Gasteiger partial charge in [0.2, 0.25) is 0 Å². The van der Waals surface area contributed by atoms with Crippen LogP contribution in [-0.4, -0.2) is 41.0 Å². The molecule has 0 aliphatic carbocycles. The van der Waals surface area contributed by atoms with Gasteiger partial charge in [0.15, 0.2) is 5.11 Å². The van der Waals surface area contributed by atoms with Crippen molar-refractivity contribution in [3.05, 3.63) is 29.8 Å². The van der Waals surface area contributed by atoms with Crippen LogP contribution in [0.4, 0.5) is 0 Å². The van der Waals surface area contributed by atoms with E-state index in [0.29, 0.717) is 6.54 Å².